The monoisotopic (exact) mass is 190 g/mol. The maximum atomic E-state index is 5.90. The first-order valence-corrected chi connectivity index (χ1v) is 5.19. The predicted octanol–water partition coefficient (Wildman–Crippen LogP) is 2.10. The highest BCUT2D eigenvalue weighted by Gasteiger charge is 2.48. The minimum absolute atomic E-state index is 0.229. The fourth-order valence-corrected chi connectivity index (χ4v) is 2.95. The largest absolute Gasteiger partial charge is 0.330 e. The van der Waals surface area contributed by atoms with Crippen molar-refractivity contribution < 1.29 is 0 Å². The highest BCUT2D eigenvalue weighted by molar-refractivity contribution is 5.28. The highest BCUT2D eigenvalue weighted by atomic mass is 14.7. The SMILES string of the molecule is CC1(C)CC(CN)(c2ccncc2)C1. The first kappa shape index (κ1) is 9.66. The molecule has 0 aliphatic heterocycles. The van der Waals surface area contributed by atoms with Crippen molar-refractivity contribution in [3.8, 4) is 0 Å². The summed E-state index contributed by atoms with van der Waals surface area (Å²) in [6.07, 6.45) is 6.11. The molecule has 2 nitrogen and oxygen atoms in total. The van der Waals surface area contributed by atoms with Gasteiger partial charge in [0.15, 0.2) is 0 Å². The molecule has 1 heterocycles. The molecule has 1 aromatic heterocycles. The summed E-state index contributed by atoms with van der Waals surface area (Å²) in [7, 11) is 0. The van der Waals surface area contributed by atoms with E-state index < -0.39 is 0 Å². The Morgan fingerprint density at radius 1 is 1.29 bits per heavy atom. The second-order valence-corrected chi connectivity index (χ2v) is 5.24. The number of nitrogens with two attached hydrogens (primary N) is 1. The smallest absolute Gasteiger partial charge is 0.0270 e. The third kappa shape index (κ3) is 1.44. The maximum Gasteiger partial charge on any atom is 0.0270 e. The number of rotatable bonds is 2. The molecule has 1 fully saturated rings. The van der Waals surface area contributed by atoms with Crippen molar-refractivity contribution >= 4 is 0 Å². The van der Waals surface area contributed by atoms with Crippen molar-refractivity contribution in [1.29, 1.82) is 0 Å². The van der Waals surface area contributed by atoms with E-state index >= 15 is 0 Å². The number of hydrogen-bond donors (Lipinski definition) is 1. The molecule has 0 saturated heterocycles. The molecule has 0 radical (unpaired) electrons. The molecule has 2 heteroatoms. The Bertz CT molecular complexity index is 308. The van der Waals surface area contributed by atoms with E-state index in [9.17, 15) is 0 Å². The summed E-state index contributed by atoms with van der Waals surface area (Å²) in [4.78, 5) is 4.05. The van der Waals surface area contributed by atoms with Crippen LogP contribution in [0.3, 0.4) is 0 Å². The minimum atomic E-state index is 0.229. The topological polar surface area (TPSA) is 38.9 Å². The number of nitrogens with zero attached hydrogens (tertiary/aromatic N) is 1. The quantitative estimate of drug-likeness (QED) is 0.775. The van der Waals surface area contributed by atoms with Crippen LogP contribution >= 0.6 is 0 Å². The molecule has 0 unspecified atom stereocenters. The highest BCUT2D eigenvalue weighted by Crippen LogP contribution is 2.54. The maximum absolute atomic E-state index is 5.90. The van der Waals surface area contributed by atoms with Gasteiger partial charge in [0.1, 0.15) is 0 Å². The predicted molar refractivity (Wildman–Crippen MR) is 58.0 cm³/mol. The third-order valence-corrected chi connectivity index (χ3v) is 3.32. The fraction of sp³-hybridized carbons (Fsp3) is 0.583. The van der Waals surface area contributed by atoms with Crippen molar-refractivity contribution in [2.75, 3.05) is 6.54 Å². The number of hydrogen-bond acceptors (Lipinski definition) is 2. The van der Waals surface area contributed by atoms with Crippen LogP contribution in [0.25, 0.3) is 0 Å². The van der Waals surface area contributed by atoms with Gasteiger partial charge in [-0.3, -0.25) is 4.98 Å². The average Bonchev–Trinajstić information content (AvgIpc) is 2.15. The van der Waals surface area contributed by atoms with Crippen LogP contribution < -0.4 is 5.73 Å². The van der Waals surface area contributed by atoms with E-state index in [-0.39, 0.29) is 5.41 Å². The lowest BCUT2D eigenvalue weighted by molar-refractivity contribution is 0.0633. The second kappa shape index (κ2) is 3.06. The summed E-state index contributed by atoms with van der Waals surface area (Å²) >= 11 is 0. The Morgan fingerprint density at radius 3 is 2.29 bits per heavy atom. The first-order chi connectivity index (χ1) is 6.58. The van der Waals surface area contributed by atoms with E-state index in [1.54, 1.807) is 0 Å². The Labute approximate surface area is 85.5 Å². The van der Waals surface area contributed by atoms with E-state index in [2.05, 4.69) is 31.0 Å². The molecule has 2 rings (SSSR count). The molecule has 2 N–H and O–H groups in total. The summed E-state index contributed by atoms with van der Waals surface area (Å²) < 4.78 is 0. The van der Waals surface area contributed by atoms with E-state index in [1.807, 2.05) is 12.4 Å². The van der Waals surface area contributed by atoms with Gasteiger partial charge >= 0.3 is 0 Å². The standard InChI is InChI=1S/C12H18N2/c1-11(2)7-12(8-11,9-13)10-3-5-14-6-4-10/h3-6H,7-9,13H2,1-2H3. The lowest BCUT2D eigenvalue weighted by atomic mass is 9.52. The lowest BCUT2D eigenvalue weighted by Gasteiger charge is -2.53. The number of pyridine rings is 1. The Morgan fingerprint density at radius 2 is 1.86 bits per heavy atom. The minimum Gasteiger partial charge on any atom is -0.330 e. The van der Waals surface area contributed by atoms with Crippen LogP contribution in [0, 0.1) is 5.41 Å². The summed E-state index contributed by atoms with van der Waals surface area (Å²) in [5.41, 5.74) is 7.95. The summed E-state index contributed by atoms with van der Waals surface area (Å²) in [6.45, 7) is 5.37. The van der Waals surface area contributed by atoms with Crippen molar-refractivity contribution in [2.45, 2.75) is 32.1 Å². The molecule has 1 saturated carbocycles. The lowest BCUT2D eigenvalue weighted by Crippen LogP contribution is -2.51. The zero-order valence-corrected chi connectivity index (χ0v) is 8.96. The molecule has 0 amide bonds. The van der Waals surface area contributed by atoms with Crippen LogP contribution in [0.1, 0.15) is 32.3 Å². The van der Waals surface area contributed by atoms with Gasteiger partial charge in [0.05, 0.1) is 0 Å². The molecule has 1 aliphatic carbocycles. The summed E-state index contributed by atoms with van der Waals surface area (Å²) in [5.74, 6) is 0. The molecular formula is C12H18N2. The molecule has 0 bridgehead atoms. The van der Waals surface area contributed by atoms with Gasteiger partial charge in [0, 0.05) is 24.4 Å². The van der Waals surface area contributed by atoms with Gasteiger partial charge in [-0.2, -0.15) is 0 Å². The fourth-order valence-electron chi connectivity index (χ4n) is 2.95. The summed E-state index contributed by atoms with van der Waals surface area (Å²) in [5, 5.41) is 0. The molecule has 1 aromatic rings. The van der Waals surface area contributed by atoms with Crippen LogP contribution in [0.2, 0.25) is 0 Å². The van der Waals surface area contributed by atoms with E-state index in [0.717, 1.165) is 6.54 Å². The van der Waals surface area contributed by atoms with Gasteiger partial charge in [-0.05, 0) is 36.0 Å². The zero-order chi connectivity index (χ0) is 10.2. The molecule has 0 aromatic carbocycles. The van der Waals surface area contributed by atoms with Crippen molar-refractivity contribution in [3.63, 3.8) is 0 Å². The van der Waals surface area contributed by atoms with Crippen LogP contribution in [-0.2, 0) is 5.41 Å². The molecule has 76 valence electrons. The van der Waals surface area contributed by atoms with Gasteiger partial charge in [0.2, 0.25) is 0 Å². The Hall–Kier alpha value is -0.890. The molecule has 14 heavy (non-hydrogen) atoms. The van der Waals surface area contributed by atoms with E-state index in [1.165, 1.54) is 18.4 Å². The van der Waals surface area contributed by atoms with Gasteiger partial charge in [-0.1, -0.05) is 13.8 Å². The van der Waals surface area contributed by atoms with Crippen molar-refractivity contribution in [2.24, 2.45) is 11.1 Å². The van der Waals surface area contributed by atoms with Crippen LogP contribution in [0.5, 0.6) is 0 Å². The van der Waals surface area contributed by atoms with Crippen molar-refractivity contribution in [3.05, 3.63) is 30.1 Å². The Balaban J connectivity index is 2.25. The molecule has 0 spiro atoms. The van der Waals surface area contributed by atoms with Gasteiger partial charge in [-0.25, -0.2) is 0 Å². The van der Waals surface area contributed by atoms with Crippen molar-refractivity contribution in [1.82, 2.24) is 4.98 Å². The first-order valence-electron chi connectivity index (χ1n) is 5.19. The van der Waals surface area contributed by atoms with E-state index in [4.69, 9.17) is 5.73 Å². The molecule has 1 aliphatic rings. The normalized spacial score (nSPS) is 22.8. The Kier molecular flexibility index (Phi) is 2.11. The van der Waals surface area contributed by atoms with Gasteiger partial charge in [0.25, 0.3) is 0 Å². The van der Waals surface area contributed by atoms with Gasteiger partial charge < -0.3 is 5.73 Å². The second-order valence-electron chi connectivity index (χ2n) is 5.24. The van der Waals surface area contributed by atoms with Crippen LogP contribution in [0.4, 0.5) is 0 Å². The van der Waals surface area contributed by atoms with Crippen LogP contribution in [-0.4, -0.2) is 11.5 Å². The van der Waals surface area contributed by atoms with E-state index in [0.29, 0.717) is 5.41 Å². The van der Waals surface area contributed by atoms with Crippen LogP contribution in [0.15, 0.2) is 24.5 Å². The number of aromatic nitrogens is 1. The summed E-state index contributed by atoms with van der Waals surface area (Å²) in [6, 6.07) is 4.20. The average molecular weight is 190 g/mol. The molecule has 0 atom stereocenters. The zero-order valence-electron chi connectivity index (χ0n) is 8.96. The molecular weight excluding hydrogens is 172 g/mol. The third-order valence-electron chi connectivity index (χ3n) is 3.32. The van der Waals surface area contributed by atoms with Gasteiger partial charge in [-0.15, -0.1) is 0 Å².